The van der Waals surface area contributed by atoms with Crippen molar-refractivity contribution in [2.45, 2.75) is 70.6 Å². The Hall–Kier alpha value is -2.44. The molecule has 1 aliphatic carbocycles. The lowest BCUT2D eigenvalue weighted by molar-refractivity contribution is -0.186. The molecule has 1 spiro atoms. The second kappa shape index (κ2) is 8.06. The van der Waals surface area contributed by atoms with Gasteiger partial charge < -0.3 is 14.8 Å². The Morgan fingerprint density at radius 2 is 1.88 bits per heavy atom. The molecule has 2 aromatic carbocycles. The number of aliphatic hydroxyl groups is 1. The number of fused-ring (bicyclic) bond motifs is 1. The summed E-state index contributed by atoms with van der Waals surface area (Å²) in [4.78, 5) is 5.76. The number of methoxy groups -OCH3 is 1. The summed E-state index contributed by atoms with van der Waals surface area (Å²) in [6.45, 7) is 7.05. The van der Waals surface area contributed by atoms with Gasteiger partial charge in [-0.1, -0.05) is 24.3 Å². The van der Waals surface area contributed by atoms with Crippen molar-refractivity contribution in [1.82, 2.24) is 9.88 Å². The number of halogens is 2. The molecule has 1 saturated carbocycles. The van der Waals surface area contributed by atoms with Gasteiger partial charge in [0, 0.05) is 48.1 Å². The molecule has 2 fully saturated rings. The van der Waals surface area contributed by atoms with E-state index in [0.717, 1.165) is 58.3 Å². The number of H-pyrrole nitrogens is 1. The van der Waals surface area contributed by atoms with Crippen molar-refractivity contribution < 1.29 is 18.6 Å². The Labute approximate surface area is 199 Å². The second-order valence-electron chi connectivity index (χ2n) is 11.0. The highest BCUT2D eigenvalue weighted by Gasteiger charge is 2.58. The summed E-state index contributed by atoms with van der Waals surface area (Å²) in [7, 11) is 1.70. The van der Waals surface area contributed by atoms with Crippen LogP contribution in [0.3, 0.4) is 0 Å². The van der Waals surface area contributed by atoms with E-state index in [9.17, 15) is 13.9 Å². The van der Waals surface area contributed by atoms with Gasteiger partial charge in [0.1, 0.15) is 5.75 Å². The van der Waals surface area contributed by atoms with Crippen molar-refractivity contribution in [2.75, 3.05) is 13.7 Å². The first-order valence-corrected chi connectivity index (χ1v) is 12.1. The predicted molar refractivity (Wildman–Crippen MR) is 130 cm³/mol. The molecule has 1 saturated heterocycles. The molecule has 3 aromatic rings. The number of piperidine rings is 1. The summed E-state index contributed by atoms with van der Waals surface area (Å²) < 4.78 is 33.7. The molecule has 0 radical (unpaired) electrons. The zero-order chi connectivity index (χ0) is 24.3. The fraction of sp³-hybridized carbons (Fsp3) is 0.500. The molecule has 1 aliphatic heterocycles. The average molecular weight is 469 g/mol. The molecular formula is C28H34F2N2O2. The van der Waals surface area contributed by atoms with Crippen molar-refractivity contribution in [3.8, 4) is 5.75 Å². The number of hydrogen-bond donors (Lipinski definition) is 2. The molecule has 2 aliphatic rings. The highest BCUT2D eigenvalue weighted by molar-refractivity contribution is 5.88. The minimum absolute atomic E-state index is 0.0119. The lowest BCUT2D eigenvalue weighted by atomic mass is 9.59. The van der Waals surface area contributed by atoms with Crippen LogP contribution in [0.15, 0.2) is 42.6 Å². The third kappa shape index (κ3) is 4.11. The third-order valence-electron chi connectivity index (χ3n) is 7.96. The largest absolute Gasteiger partial charge is 0.496 e. The Kier molecular flexibility index (Phi) is 5.53. The maximum atomic E-state index is 13.9. The highest BCUT2D eigenvalue weighted by Crippen LogP contribution is 2.60. The van der Waals surface area contributed by atoms with Crippen LogP contribution in [-0.4, -0.2) is 34.6 Å². The Bertz CT molecular complexity index is 1190. The van der Waals surface area contributed by atoms with Gasteiger partial charge in [0.2, 0.25) is 5.92 Å². The van der Waals surface area contributed by atoms with Crippen molar-refractivity contribution in [2.24, 2.45) is 5.41 Å². The normalized spacial score (nSPS) is 22.1. The van der Waals surface area contributed by atoms with Crippen LogP contribution in [0.1, 0.15) is 67.8 Å². The number of rotatable bonds is 5. The van der Waals surface area contributed by atoms with Gasteiger partial charge in [-0.2, -0.15) is 0 Å². The van der Waals surface area contributed by atoms with Gasteiger partial charge in [-0.15, -0.1) is 0 Å². The number of alkyl halides is 2. The molecular weight excluding hydrogens is 434 g/mol. The molecule has 2 heterocycles. The van der Waals surface area contributed by atoms with E-state index in [1.807, 2.05) is 18.3 Å². The Morgan fingerprint density at radius 1 is 1.18 bits per heavy atom. The zero-order valence-electron chi connectivity index (χ0n) is 20.4. The monoisotopic (exact) mass is 468 g/mol. The van der Waals surface area contributed by atoms with Crippen LogP contribution in [-0.2, 0) is 12.1 Å². The number of benzene rings is 2. The van der Waals surface area contributed by atoms with Crippen LogP contribution >= 0.6 is 0 Å². The fourth-order valence-corrected chi connectivity index (χ4v) is 6.16. The molecule has 34 heavy (non-hydrogen) atoms. The molecule has 5 rings (SSSR count). The number of aromatic nitrogens is 1. The summed E-state index contributed by atoms with van der Waals surface area (Å²) >= 11 is 0. The Morgan fingerprint density at radius 3 is 2.50 bits per heavy atom. The smallest absolute Gasteiger partial charge is 0.249 e. The standard InChI is InChI=1S/C28H34F2N2O2/c1-18-13-24(34-4)22(21-9-11-31-25(18)21)15-32-12-10-27(16-28(29,30)17-27)14-23(32)19-5-7-20(8-6-19)26(2,3)33/h5-9,11,13,23,31,33H,10,12,14-17H2,1-4H3/t23-/m0/s1. The van der Waals surface area contributed by atoms with Gasteiger partial charge in [-0.3, -0.25) is 4.90 Å². The van der Waals surface area contributed by atoms with Crippen LogP contribution < -0.4 is 4.74 Å². The number of aromatic amines is 1. The number of likely N-dealkylation sites (tertiary alicyclic amines) is 1. The predicted octanol–water partition coefficient (Wildman–Crippen LogP) is 6.46. The van der Waals surface area contributed by atoms with E-state index in [1.54, 1.807) is 21.0 Å². The lowest BCUT2D eigenvalue weighted by Gasteiger charge is -2.54. The molecule has 0 bridgehead atoms. The quantitative estimate of drug-likeness (QED) is 0.451. The average Bonchev–Trinajstić information content (AvgIpc) is 3.25. The maximum Gasteiger partial charge on any atom is 0.249 e. The number of hydrogen-bond acceptors (Lipinski definition) is 3. The Balaban J connectivity index is 1.50. The van der Waals surface area contributed by atoms with Crippen molar-refractivity contribution in [1.29, 1.82) is 0 Å². The number of aryl methyl sites for hydroxylation is 1. The topological polar surface area (TPSA) is 48.5 Å². The zero-order valence-corrected chi connectivity index (χ0v) is 20.4. The summed E-state index contributed by atoms with van der Waals surface area (Å²) in [5.74, 6) is -1.68. The number of nitrogens with zero attached hydrogens (tertiary/aromatic N) is 1. The first kappa shape index (κ1) is 23.3. The highest BCUT2D eigenvalue weighted by atomic mass is 19.3. The third-order valence-corrected chi connectivity index (χ3v) is 7.96. The number of ether oxygens (including phenoxy) is 1. The second-order valence-corrected chi connectivity index (χ2v) is 11.0. The summed E-state index contributed by atoms with van der Waals surface area (Å²) in [6.07, 6.45) is 3.43. The van der Waals surface area contributed by atoms with Crippen LogP contribution in [0.4, 0.5) is 8.78 Å². The van der Waals surface area contributed by atoms with Gasteiger partial charge in [-0.05, 0) is 74.4 Å². The molecule has 1 aromatic heterocycles. The lowest BCUT2D eigenvalue weighted by Crippen LogP contribution is -2.53. The SMILES string of the molecule is COc1cc(C)c2[nH]ccc2c1CN1CCC2(C[C@H]1c1ccc(C(C)(C)O)cc1)CC(F)(F)C2. The van der Waals surface area contributed by atoms with E-state index in [0.29, 0.717) is 6.54 Å². The van der Waals surface area contributed by atoms with Crippen molar-refractivity contribution in [3.05, 3.63) is 64.8 Å². The molecule has 1 atom stereocenters. The van der Waals surface area contributed by atoms with E-state index in [1.165, 1.54) is 0 Å². The van der Waals surface area contributed by atoms with E-state index in [-0.39, 0.29) is 24.3 Å². The van der Waals surface area contributed by atoms with E-state index < -0.39 is 11.5 Å². The summed E-state index contributed by atoms with van der Waals surface area (Å²) in [5, 5.41) is 11.5. The molecule has 6 heteroatoms. The molecule has 4 nitrogen and oxygen atoms in total. The number of nitrogens with one attached hydrogen (secondary N) is 1. The molecule has 0 amide bonds. The van der Waals surface area contributed by atoms with Crippen molar-refractivity contribution >= 4 is 10.9 Å². The summed E-state index contributed by atoms with van der Waals surface area (Å²) in [5.41, 5.74) is 4.11. The minimum Gasteiger partial charge on any atom is -0.496 e. The van der Waals surface area contributed by atoms with E-state index in [4.69, 9.17) is 4.74 Å². The van der Waals surface area contributed by atoms with Gasteiger partial charge in [0.05, 0.1) is 12.7 Å². The molecule has 182 valence electrons. The van der Waals surface area contributed by atoms with E-state index >= 15 is 0 Å². The van der Waals surface area contributed by atoms with Crippen LogP contribution in [0.25, 0.3) is 10.9 Å². The van der Waals surface area contributed by atoms with Gasteiger partial charge in [0.15, 0.2) is 0 Å². The first-order valence-electron chi connectivity index (χ1n) is 12.1. The fourth-order valence-electron chi connectivity index (χ4n) is 6.16. The minimum atomic E-state index is -2.53. The van der Waals surface area contributed by atoms with E-state index in [2.05, 4.69) is 41.1 Å². The van der Waals surface area contributed by atoms with Crippen LogP contribution in [0.2, 0.25) is 0 Å². The van der Waals surface area contributed by atoms with Gasteiger partial charge >= 0.3 is 0 Å². The van der Waals surface area contributed by atoms with Crippen LogP contribution in [0, 0.1) is 12.3 Å². The molecule has 0 unspecified atom stereocenters. The van der Waals surface area contributed by atoms with Crippen LogP contribution in [0.5, 0.6) is 5.75 Å². The van der Waals surface area contributed by atoms with Gasteiger partial charge in [-0.25, -0.2) is 8.78 Å². The molecule has 2 N–H and O–H groups in total. The maximum absolute atomic E-state index is 13.9. The van der Waals surface area contributed by atoms with Gasteiger partial charge in [0.25, 0.3) is 0 Å². The van der Waals surface area contributed by atoms with Crippen molar-refractivity contribution in [3.63, 3.8) is 0 Å². The first-order chi connectivity index (χ1) is 16.0. The summed E-state index contributed by atoms with van der Waals surface area (Å²) in [6, 6.07) is 12.2.